The number of nitrogens with two attached hydrogens (primary N) is 1. The fourth-order valence-electron chi connectivity index (χ4n) is 3.08. The quantitative estimate of drug-likeness (QED) is 0.865. The summed E-state index contributed by atoms with van der Waals surface area (Å²) in [6.45, 7) is 1.97. The molecule has 2 atom stereocenters. The van der Waals surface area contributed by atoms with Crippen LogP contribution in [0.2, 0.25) is 0 Å². The molecule has 112 valence electrons. The summed E-state index contributed by atoms with van der Waals surface area (Å²) in [4.78, 5) is 12.5. The molecule has 0 saturated heterocycles. The van der Waals surface area contributed by atoms with Crippen LogP contribution < -0.4 is 5.73 Å². The molecule has 1 heterocycles. The summed E-state index contributed by atoms with van der Waals surface area (Å²) in [5.74, 6) is -0.245. The van der Waals surface area contributed by atoms with Crippen LogP contribution in [0, 0.1) is 23.1 Å². The number of nitriles is 1. The number of hydrogen-bond acceptors (Lipinski definition) is 4. The molecule has 0 unspecified atom stereocenters. The van der Waals surface area contributed by atoms with Crippen LogP contribution >= 0.6 is 0 Å². The van der Waals surface area contributed by atoms with Gasteiger partial charge in [0.2, 0.25) is 5.88 Å². The first-order chi connectivity index (χ1) is 10.5. The maximum Gasteiger partial charge on any atom is 0.205 e. The van der Waals surface area contributed by atoms with Gasteiger partial charge in [0.1, 0.15) is 23.2 Å². The van der Waals surface area contributed by atoms with Crippen LogP contribution in [0.3, 0.4) is 0 Å². The molecule has 3 rings (SSSR count). The topological polar surface area (TPSA) is 76.1 Å². The van der Waals surface area contributed by atoms with Gasteiger partial charge in [0.25, 0.3) is 0 Å². The van der Waals surface area contributed by atoms with E-state index in [9.17, 15) is 14.4 Å². The SMILES string of the molecule is C[C@H]1CC(=O)C2=C(C1)OC(N)=C(C#N)[C@@H]2c1ccc(F)cc1. The molecule has 0 fully saturated rings. The van der Waals surface area contributed by atoms with E-state index in [-0.39, 0.29) is 29.0 Å². The van der Waals surface area contributed by atoms with E-state index in [1.54, 1.807) is 12.1 Å². The van der Waals surface area contributed by atoms with Gasteiger partial charge in [-0.3, -0.25) is 4.79 Å². The fraction of sp³-hybridized carbons (Fsp3) is 0.294. The monoisotopic (exact) mass is 298 g/mol. The highest BCUT2D eigenvalue weighted by atomic mass is 19.1. The van der Waals surface area contributed by atoms with Gasteiger partial charge in [-0.25, -0.2) is 4.39 Å². The minimum atomic E-state index is -0.575. The molecular weight excluding hydrogens is 283 g/mol. The summed E-state index contributed by atoms with van der Waals surface area (Å²) < 4.78 is 18.7. The van der Waals surface area contributed by atoms with Crippen molar-refractivity contribution in [2.45, 2.75) is 25.7 Å². The van der Waals surface area contributed by atoms with Gasteiger partial charge in [0.15, 0.2) is 5.78 Å². The molecule has 1 aliphatic carbocycles. The predicted molar refractivity (Wildman–Crippen MR) is 77.5 cm³/mol. The third kappa shape index (κ3) is 2.27. The number of nitrogens with zero attached hydrogens (tertiary/aromatic N) is 1. The number of rotatable bonds is 1. The Bertz CT molecular complexity index is 741. The molecule has 22 heavy (non-hydrogen) atoms. The third-order valence-electron chi connectivity index (χ3n) is 4.07. The second-order valence-electron chi connectivity index (χ2n) is 5.75. The number of halogens is 1. The summed E-state index contributed by atoms with van der Waals surface area (Å²) in [7, 11) is 0. The summed E-state index contributed by atoms with van der Waals surface area (Å²) in [5.41, 5.74) is 7.21. The molecule has 0 aromatic heterocycles. The van der Waals surface area contributed by atoms with Gasteiger partial charge in [-0.05, 0) is 23.6 Å². The molecule has 1 aromatic carbocycles. The van der Waals surface area contributed by atoms with Gasteiger partial charge < -0.3 is 10.5 Å². The first kappa shape index (κ1) is 14.3. The lowest BCUT2D eigenvalue weighted by Gasteiger charge is -2.32. The number of hydrogen-bond donors (Lipinski definition) is 1. The van der Waals surface area contributed by atoms with Gasteiger partial charge in [0.05, 0.1) is 5.92 Å². The Morgan fingerprint density at radius 1 is 1.32 bits per heavy atom. The van der Waals surface area contributed by atoms with Gasteiger partial charge >= 0.3 is 0 Å². The average Bonchev–Trinajstić information content (AvgIpc) is 2.46. The van der Waals surface area contributed by atoms with Crippen molar-refractivity contribution in [3.63, 3.8) is 0 Å². The molecule has 1 aliphatic heterocycles. The van der Waals surface area contributed by atoms with Crippen LogP contribution in [-0.2, 0) is 9.53 Å². The van der Waals surface area contributed by atoms with Crippen LogP contribution in [-0.4, -0.2) is 5.78 Å². The lowest BCUT2D eigenvalue weighted by Crippen LogP contribution is -2.29. The molecule has 0 bridgehead atoms. The minimum absolute atomic E-state index is 0.0254. The van der Waals surface area contributed by atoms with E-state index in [1.165, 1.54) is 12.1 Å². The van der Waals surface area contributed by atoms with Crippen molar-refractivity contribution in [2.24, 2.45) is 11.7 Å². The van der Waals surface area contributed by atoms with Crippen molar-refractivity contribution < 1.29 is 13.9 Å². The number of carbonyl (C=O) groups excluding carboxylic acids is 1. The number of benzene rings is 1. The summed E-state index contributed by atoms with van der Waals surface area (Å²) in [5, 5.41) is 9.40. The van der Waals surface area contributed by atoms with E-state index in [0.717, 1.165) is 0 Å². The Hall–Kier alpha value is -2.61. The number of carbonyl (C=O) groups is 1. The number of ether oxygens (including phenoxy) is 1. The van der Waals surface area contributed by atoms with E-state index in [1.807, 2.05) is 13.0 Å². The molecule has 0 radical (unpaired) electrons. The Labute approximate surface area is 127 Å². The Morgan fingerprint density at radius 3 is 2.64 bits per heavy atom. The van der Waals surface area contributed by atoms with E-state index >= 15 is 0 Å². The molecule has 4 nitrogen and oxygen atoms in total. The second-order valence-corrected chi connectivity index (χ2v) is 5.75. The molecular formula is C17H15FN2O2. The largest absolute Gasteiger partial charge is 0.444 e. The third-order valence-corrected chi connectivity index (χ3v) is 4.07. The highest BCUT2D eigenvalue weighted by Gasteiger charge is 2.39. The van der Waals surface area contributed by atoms with Crippen LogP contribution in [0.25, 0.3) is 0 Å². The van der Waals surface area contributed by atoms with E-state index in [4.69, 9.17) is 10.5 Å². The van der Waals surface area contributed by atoms with Gasteiger partial charge in [0, 0.05) is 18.4 Å². The molecule has 2 N–H and O–H groups in total. The highest BCUT2D eigenvalue weighted by molar-refractivity contribution is 5.99. The smallest absolute Gasteiger partial charge is 0.205 e. The second kappa shape index (κ2) is 5.30. The van der Waals surface area contributed by atoms with E-state index < -0.39 is 5.92 Å². The van der Waals surface area contributed by atoms with E-state index in [2.05, 4.69) is 0 Å². The number of Topliss-reactive ketones (excluding diaryl/α,β-unsaturated/α-hetero) is 1. The van der Waals surface area contributed by atoms with Gasteiger partial charge in [-0.2, -0.15) is 5.26 Å². The zero-order valence-electron chi connectivity index (χ0n) is 12.1. The van der Waals surface area contributed by atoms with Crippen molar-refractivity contribution in [2.75, 3.05) is 0 Å². The van der Waals surface area contributed by atoms with Gasteiger partial charge in [-0.15, -0.1) is 0 Å². The normalized spacial score (nSPS) is 24.7. The molecule has 1 aromatic rings. The van der Waals surface area contributed by atoms with Crippen molar-refractivity contribution in [3.8, 4) is 6.07 Å². The maximum absolute atomic E-state index is 13.2. The number of ketones is 1. The molecule has 0 saturated carbocycles. The van der Waals surface area contributed by atoms with Crippen LogP contribution in [0.5, 0.6) is 0 Å². The Kier molecular flexibility index (Phi) is 3.45. The van der Waals surface area contributed by atoms with Crippen molar-refractivity contribution in [1.29, 1.82) is 5.26 Å². The first-order valence-corrected chi connectivity index (χ1v) is 7.10. The maximum atomic E-state index is 13.2. The Balaban J connectivity index is 2.16. The Morgan fingerprint density at radius 2 is 2.00 bits per heavy atom. The predicted octanol–water partition coefficient (Wildman–Crippen LogP) is 2.89. The molecule has 0 amide bonds. The highest BCUT2D eigenvalue weighted by Crippen LogP contribution is 2.44. The lowest BCUT2D eigenvalue weighted by molar-refractivity contribution is -0.117. The summed E-state index contributed by atoms with van der Waals surface area (Å²) >= 11 is 0. The lowest BCUT2D eigenvalue weighted by atomic mass is 9.75. The summed E-state index contributed by atoms with van der Waals surface area (Å²) in [6, 6.07) is 7.81. The van der Waals surface area contributed by atoms with Gasteiger partial charge in [-0.1, -0.05) is 19.1 Å². The summed E-state index contributed by atoms with van der Waals surface area (Å²) in [6.07, 6.45) is 1.02. The van der Waals surface area contributed by atoms with E-state index in [0.29, 0.717) is 29.7 Å². The molecule has 2 aliphatic rings. The molecule has 0 spiro atoms. The van der Waals surface area contributed by atoms with Crippen molar-refractivity contribution in [3.05, 3.63) is 58.4 Å². The zero-order chi connectivity index (χ0) is 15.9. The first-order valence-electron chi connectivity index (χ1n) is 7.10. The van der Waals surface area contributed by atoms with Crippen LogP contribution in [0.4, 0.5) is 4.39 Å². The van der Waals surface area contributed by atoms with Crippen LogP contribution in [0.15, 0.2) is 47.1 Å². The fourth-order valence-corrected chi connectivity index (χ4v) is 3.08. The minimum Gasteiger partial charge on any atom is -0.444 e. The molecule has 5 heteroatoms. The average molecular weight is 298 g/mol. The zero-order valence-corrected chi connectivity index (χ0v) is 12.1. The van der Waals surface area contributed by atoms with Crippen molar-refractivity contribution >= 4 is 5.78 Å². The standard InChI is InChI=1S/C17H15FN2O2/c1-9-6-13(21)16-14(7-9)22-17(20)12(8-19)15(16)10-2-4-11(18)5-3-10/h2-5,9,15H,6-7,20H2,1H3/t9-,15-/m0/s1. The number of allylic oxidation sites excluding steroid dienone is 3. The van der Waals surface area contributed by atoms with Crippen molar-refractivity contribution in [1.82, 2.24) is 0 Å². The van der Waals surface area contributed by atoms with Crippen LogP contribution in [0.1, 0.15) is 31.2 Å².